The van der Waals surface area contributed by atoms with Crippen molar-refractivity contribution in [3.63, 3.8) is 0 Å². The first-order chi connectivity index (χ1) is 12.0. The second-order valence-corrected chi connectivity index (χ2v) is 7.82. The van der Waals surface area contributed by atoms with Gasteiger partial charge in [-0.3, -0.25) is 9.48 Å². The highest BCUT2D eigenvalue weighted by Gasteiger charge is 2.17. The van der Waals surface area contributed by atoms with Gasteiger partial charge in [-0.05, 0) is 59.3 Å². The zero-order valence-corrected chi connectivity index (χ0v) is 16.5. The van der Waals surface area contributed by atoms with Gasteiger partial charge >= 0.3 is 0 Å². The van der Waals surface area contributed by atoms with E-state index in [1.54, 1.807) is 28.8 Å². The van der Waals surface area contributed by atoms with Crippen LogP contribution in [0.4, 0.5) is 5.69 Å². The van der Waals surface area contributed by atoms with Crippen LogP contribution in [0, 0.1) is 0 Å². The molecule has 0 spiro atoms. The third-order valence-electron chi connectivity index (χ3n) is 3.53. The smallest absolute Gasteiger partial charge is 0.248 e. The highest BCUT2D eigenvalue weighted by atomic mass is 79.9. The molecule has 0 radical (unpaired) electrons. The first-order valence-corrected chi connectivity index (χ1v) is 9.54. The Balaban J connectivity index is 1.76. The number of anilines is 1. The molecule has 1 atom stereocenters. The summed E-state index contributed by atoms with van der Waals surface area (Å²) in [5, 5.41) is 7.85. The van der Waals surface area contributed by atoms with Crippen LogP contribution in [-0.2, 0) is 4.79 Å². The molecule has 1 amide bonds. The minimum Gasteiger partial charge on any atom is -0.323 e. The fourth-order valence-corrected chi connectivity index (χ4v) is 3.50. The van der Waals surface area contributed by atoms with Gasteiger partial charge in [-0.1, -0.05) is 35.5 Å². The molecule has 128 valence electrons. The molecule has 3 rings (SSSR count). The van der Waals surface area contributed by atoms with E-state index < -0.39 is 6.04 Å². The third-order valence-corrected chi connectivity index (χ3v) is 5.28. The Morgan fingerprint density at radius 3 is 2.64 bits per heavy atom. The molecule has 3 aromatic rings. The van der Waals surface area contributed by atoms with Crippen LogP contribution in [-0.4, -0.2) is 15.7 Å². The topological polar surface area (TPSA) is 46.9 Å². The number of halogens is 2. The number of hydrogen-bond acceptors (Lipinski definition) is 3. The summed E-state index contributed by atoms with van der Waals surface area (Å²) in [5.74, 6) is -0.125. The zero-order chi connectivity index (χ0) is 17.8. The van der Waals surface area contributed by atoms with Gasteiger partial charge in [0.25, 0.3) is 0 Å². The van der Waals surface area contributed by atoms with E-state index in [1.807, 2.05) is 55.5 Å². The van der Waals surface area contributed by atoms with Gasteiger partial charge in [-0.25, -0.2) is 0 Å². The van der Waals surface area contributed by atoms with Crippen LogP contribution in [0.5, 0.6) is 0 Å². The number of benzene rings is 2. The van der Waals surface area contributed by atoms with Gasteiger partial charge in [-0.2, -0.15) is 5.10 Å². The van der Waals surface area contributed by atoms with Crippen molar-refractivity contribution in [3.05, 3.63) is 70.4 Å². The van der Waals surface area contributed by atoms with Crippen LogP contribution in [0.2, 0.25) is 5.02 Å². The van der Waals surface area contributed by atoms with Crippen LogP contribution < -0.4 is 5.32 Å². The number of rotatable bonds is 5. The number of hydrogen-bond donors (Lipinski definition) is 1. The van der Waals surface area contributed by atoms with Gasteiger partial charge in [0.1, 0.15) is 6.04 Å². The van der Waals surface area contributed by atoms with Gasteiger partial charge in [0.05, 0.1) is 16.4 Å². The van der Waals surface area contributed by atoms with Crippen molar-refractivity contribution in [3.8, 4) is 0 Å². The van der Waals surface area contributed by atoms with Crippen molar-refractivity contribution < 1.29 is 4.79 Å². The van der Waals surface area contributed by atoms with Gasteiger partial charge in [0.15, 0.2) is 0 Å². The summed E-state index contributed by atoms with van der Waals surface area (Å²) in [5.41, 5.74) is 0.769. The predicted molar refractivity (Wildman–Crippen MR) is 105 cm³/mol. The lowest BCUT2D eigenvalue weighted by molar-refractivity contribution is -0.119. The molecule has 0 aliphatic rings. The van der Waals surface area contributed by atoms with E-state index in [-0.39, 0.29) is 5.91 Å². The fourth-order valence-electron chi connectivity index (χ4n) is 2.17. The van der Waals surface area contributed by atoms with Gasteiger partial charge in [-0.15, -0.1) is 0 Å². The third kappa shape index (κ3) is 4.66. The molecule has 4 nitrogen and oxygen atoms in total. The molecule has 1 aromatic heterocycles. The number of carbonyl (C=O) groups excluding carboxylic acids is 1. The molecule has 0 aliphatic carbocycles. The van der Waals surface area contributed by atoms with Crippen molar-refractivity contribution in [1.82, 2.24) is 9.78 Å². The summed E-state index contributed by atoms with van der Waals surface area (Å²) in [6.07, 6.45) is 3.44. The van der Waals surface area contributed by atoms with Crippen molar-refractivity contribution in [2.45, 2.75) is 22.8 Å². The molecule has 0 saturated carbocycles. The maximum absolute atomic E-state index is 12.6. The molecule has 0 bridgehead atoms. The number of nitrogens with one attached hydrogen (secondary N) is 1. The normalized spacial score (nSPS) is 12.0. The number of amides is 1. The quantitative estimate of drug-likeness (QED) is 0.562. The first-order valence-electron chi connectivity index (χ1n) is 7.56. The Morgan fingerprint density at radius 1 is 1.24 bits per heavy atom. The zero-order valence-electron chi connectivity index (χ0n) is 13.3. The van der Waals surface area contributed by atoms with E-state index in [9.17, 15) is 4.79 Å². The summed E-state index contributed by atoms with van der Waals surface area (Å²) >= 11 is 10.8. The van der Waals surface area contributed by atoms with E-state index in [0.29, 0.717) is 5.02 Å². The van der Waals surface area contributed by atoms with E-state index >= 15 is 0 Å². The second kappa shape index (κ2) is 8.08. The molecule has 0 aliphatic heterocycles. The standard InChI is InChI=1S/C18H15BrClN3OS/c1-12(23-11-13(19)10-21-23)18(24)22-16-4-2-3-5-17(16)25-15-8-6-14(20)7-9-15/h2-12H,1H3,(H,22,24). The summed E-state index contributed by atoms with van der Waals surface area (Å²) < 4.78 is 2.46. The lowest BCUT2D eigenvalue weighted by atomic mass is 10.2. The minimum atomic E-state index is -0.417. The maximum Gasteiger partial charge on any atom is 0.248 e. The van der Waals surface area contributed by atoms with Crippen LogP contribution in [0.25, 0.3) is 0 Å². The average molecular weight is 437 g/mol. The Kier molecular flexibility index (Phi) is 5.83. The molecule has 1 heterocycles. The highest BCUT2D eigenvalue weighted by molar-refractivity contribution is 9.10. The highest BCUT2D eigenvalue weighted by Crippen LogP contribution is 2.34. The Morgan fingerprint density at radius 2 is 1.96 bits per heavy atom. The molecule has 1 N–H and O–H groups in total. The Labute approximate surface area is 163 Å². The number of nitrogens with zero attached hydrogens (tertiary/aromatic N) is 2. The molecular weight excluding hydrogens is 422 g/mol. The maximum atomic E-state index is 12.6. The number of carbonyl (C=O) groups is 1. The summed E-state index contributed by atoms with van der Waals surface area (Å²) in [6.45, 7) is 1.81. The van der Waals surface area contributed by atoms with E-state index in [0.717, 1.165) is 20.0 Å². The second-order valence-electron chi connectivity index (χ2n) is 5.36. The van der Waals surface area contributed by atoms with Crippen molar-refractivity contribution in [2.24, 2.45) is 0 Å². The summed E-state index contributed by atoms with van der Waals surface area (Å²) in [7, 11) is 0. The monoisotopic (exact) mass is 435 g/mol. The summed E-state index contributed by atoms with van der Waals surface area (Å²) in [6, 6.07) is 14.9. The molecular formula is C18H15BrClN3OS. The predicted octanol–water partition coefficient (Wildman–Crippen LogP) is 5.65. The number of para-hydroxylation sites is 1. The van der Waals surface area contributed by atoms with Crippen LogP contribution >= 0.6 is 39.3 Å². The summed E-state index contributed by atoms with van der Waals surface area (Å²) in [4.78, 5) is 14.6. The van der Waals surface area contributed by atoms with E-state index in [4.69, 9.17) is 11.6 Å². The van der Waals surface area contributed by atoms with Crippen molar-refractivity contribution in [2.75, 3.05) is 5.32 Å². The molecule has 25 heavy (non-hydrogen) atoms. The van der Waals surface area contributed by atoms with E-state index in [2.05, 4.69) is 26.3 Å². The number of aromatic nitrogens is 2. The Bertz CT molecular complexity index is 882. The van der Waals surface area contributed by atoms with Crippen molar-refractivity contribution in [1.29, 1.82) is 0 Å². The van der Waals surface area contributed by atoms with Gasteiger partial charge in [0.2, 0.25) is 5.91 Å². The van der Waals surface area contributed by atoms with Gasteiger partial charge < -0.3 is 5.32 Å². The molecule has 1 unspecified atom stereocenters. The molecule has 0 fully saturated rings. The first kappa shape index (κ1) is 18.0. The van der Waals surface area contributed by atoms with Crippen molar-refractivity contribution >= 4 is 50.9 Å². The lowest BCUT2D eigenvalue weighted by Gasteiger charge is -2.15. The van der Waals surface area contributed by atoms with Crippen LogP contribution in [0.3, 0.4) is 0 Å². The molecule has 7 heteroatoms. The minimum absolute atomic E-state index is 0.125. The average Bonchev–Trinajstić information content (AvgIpc) is 3.04. The van der Waals surface area contributed by atoms with Gasteiger partial charge in [0, 0.05) is 21.0 Å². The van der Waals surface area contributed by atoms with Crippen LogP contribution in [0.1, 0.15) is 13.0 Å². The lowest BCUT2D eigenvalue weighted by Crippen LogP contribution is -2.24. The molecule has 0 saturated heterocycles. The fraction of sp³-hybridized carbons (Fsp3) is 0.111. The molecule has 2 aromatic carbocycles. The SMILES string of the molecule is CC(C(=O)Nc1ccccc1Sc1ccc(Cl)cc1)n1cc(Br)cn1. The van der Waals surface area contributed by atoms with E-state index in [1.165, 1.54) is 0 Å². The largest absolute Gasteiger partial charge is 0.323 e. The Hall–Kier alpha value is -1.76. The van der Waals surface area contributed by atoms with Crippen LogP contribution in [0.15, 0.2) is 75.2 Å².